The Morgan fingerprint density at radius 3 is 2.73 bits per heavy atom. The van der Waals surface area contributed by atoms with Crippen molar-refractivity contribution in [3.63, 3.8) is 0 Å². The Hall–Kier alpha value is -0.590. The molecule has 0 aromatic heterocycles. The normalized spacial score (nSPS) is 13.0. The standard InChI is InChI=1S/C8H17N3/c1-3-6-11(10)7-8(2)4-5-9/h8H,3-4,6-7,10H2,1-2H3. The van der Waals surface area contributed by atoms with E-state index >= 15 is 0 Å². The molecule has 0 saturated carbocycles. The molecule has 0 amide bonds. The summed E-state index contributed by atoms with van der Waals surface area (Å²) in [7, 11) is 0. The number of nitrogens with two attached hydrogens (primary N) is 1. The van der Waals surface area contributed by atoms with Gasteiger partial charge in [0.1, 0.15) is 0 Å². The van der Waals surface area contributed by atoms with E-state index in [-0.39, 0.29) is 0 Å². The summed E-state index contributed by atoms with van der Waals surface area (Å²) in [4.78, 5) is 0. The summed E-state index contributed by atoms with van der Waals surface area (Å²) in [5.74, 6) is 6.03. The molecule has 0 saturated heterocycles. The van der Waals surface area contributed by atoms with E-state index in [0.717, 1.165) is 19.5 Å². The van der Waals surface area contributed by atoms with E-state index in [0.29, 0.717) is 12.3 Å². The molecule has 0 fully saturated rings. The zero-order chi connectivity index (χ0) is 8.69. The van der Waals surface area contributed by atoms with E-state index in [2.05, 4.69) is 13.0 Å². The molecule has 0 spiro atoms. The molecule has 3 nitrogen and oxygen atoms in total. The maximum Gasteiger partial charge on any atom is 0.0625 e. The quantitative estimate of drug-likeness (QED) is 0.478. The first-order valence-corrected chi connectivity index (χ1v) is 4.07. The number of hydrogen-bond acceptors (Lipinski definition) is 3. The summed E-state index contributed by atoms with van der Waals surface area (Å²) in [6.07, 6.45) is 1.66. The second-order valence-corrected chi connectivity index (χ2v) is 2.96. The lowest BCUT2D eigenvalue weighted by Gasteiger charge is -2.17. The van der Waals surface area contributed by atoms with Crippen molar-refractivity contribution >= 4 is 0 Å². The summed E-state index contributed by atoms with van der Waals surface area (Å²) in [6, 6.07) is 2.13. The van der Waals surface area contributed by atoms with E-state index in [1.54, 1.807) is 5.01 Å². The fourth-order valence-electron chi connectivity index (χ4n) is 0.999. The van der Waals surface area contributed by atoms with Crippen LogP contribution in [0, 0.1) is 17.2 Å². The molecule has 11 heavy (non-hydrogen) atoms. The predicted octanol–water partition coefficient (Wildman–Crippen LogP) is 1.12. The van der Waals surface area contributed by atoms with Crippen LogP contribution in [-0.2, 0) is 0 Å². The van der Waals surface area contributed by atoms with Crippen LogP contribution in [0.25, 0.3) is 0 Å². The monoisotopic (exact) mass is 155 g/mol. The molecule has 2 N–H and O–H groups in total. The molecule has 1 atom stereocenters. The van der Waals surface area contributed by atoms with Crippen molar-refractivity contribution in [3.05, 3.63) is 0 Å². The average Bonchev–Trinajstić information content (AvgIpc) is 1.87. The minimum Gasteiger partial charge on any atom is -0.269 e. The fourth-order valence-corrected chi connectivity index (χ4v) is 0.999. The molecule has 1 unspecified atom stereocenters. The predicted molar refractivity (Wildman–Crippen MR) is 45.4 cm³/mol. The number of rotatable bonds is 5. The lowest BCUT2D eigenvalue weighted by atomic mass is 10.1. The van der Waals surface area contributed by atoms with Gasteiger partial charge in [-0.1, -0.05) is 13.8 Å². The summed E-state index contributed by atoms with van der Waals surface area (Å²) < 4.78 is 0. The van der Waals surface area contributed by atoms with Crippen LogP contribution in [0.1, 0.15) is 26.7 Å². The molecule has 0 aromatic carbocycles. The molecular weight excluding hydrogens is 138 g/mol. The van der Waals surface area contributed by atoms with Crippen LogP contribution in [0.2, 0.25) is 0 Å². The van der Waals surface area contributed by atoms with Crippen molar-refractivity contribution in [1.82, 2.24) is 5.01 Å². The largest absolute Gasteiger partial charge is 0.269 e. The number of hydrazine groups is 1. The zero-order valence-electron chi connectivity index (χ0n) is 7.38. The first kappa shape index (κ1) is 10.4. The van der Waals surface area contributed by atoms with Gasteiger partial charge >= 0.3 is 0 Å². The Morgan fingerprint density at radius 2 is 2.27 bits per heavy atom. The molecule has 0 aliphatic heterocycles. The molecule has 0 heterocycles. The average molecular weight is 155 g/mol. The third kappa shape index (κ3) is 5.84. The molecule has 0 radical (unpaired) electrons. The van der Waals surface area contributed by atoms with Gasteiger partial charge < -0.3 is 0 Å². The molecule has 0 aromatic rings. The van der Waals surface area contributed by atoms with Gasteiger partial charge in [0.05, 0.1) is 6.07 Å². The number of nitrogens with zero attached hydrogens (tertiary/aromatic N) is 2. The van der Waals surface area contributed by atoms with Gasteiger partial charge in [-0.15, -0.1) is 0 Å². The third-order valence-corrected chi connectivity index (χ3v) is 1.50. The van der Waals surface area contributed by atoms with E-state index < -0.39 is 0 Å². The van der Waals surface area contributed by atoms with Crippen molar-refractivity contribution in [2.75, 3.05) is 13.1 Å². The van der Waals surface area contributed by atoms with Gasteiger partial charge in [-0.25, -0.2) is 5.01 Å². The maximum atomic E-state index is 8.37. The second-order valence-electron chi connectivity index (χ2n) is 2.96. The molecule has 0 aliphatic rings. The highest BCUT2D eigenvalue weighted by Gasteiger charge is 2.04. The van der Waals surface area contributed by atoms with Crippen LogP contribution >= 0.6 is 0 Å². The van der Waals surface area contributed by atoms with Crippen molar-refractivity contribution in [2.24, 2.45) is 11.8 Å². The Kier molecular flexibility index (Phi) is 5.81. The van der Waals surface area contributed by atoms with Crippen LogP contribution in [0.3, 0.4) is 0 Å². The topological polar surface area (TPSA) is 53.0 Å². The fraction of sp³-hybridized carbons (Fsp3) is 0.875. The van der Waals surface area contributed by atoms with Gasteiger partial charge in [-0.05, 0) is 12.3 Å². The number of nitriles is 1. The van der Waals surface area contributed by atoms with Crippen molar-refractivity contribution in [2.45, 2.75) is 26.7 Å². The van der Waals surface area contributed by atoms with E-state index in [1.807, 2.05) is 6.92 Å². The summed E-state index contributed by atoms with van der Waals surface area (Å²) >= 11 is 0. The Balaban J connectivity index is 3.41. The molecule has 0 rings (SSSR count). The van der Waals surface area contributed by atoms with Crippen LogP contribution in [0.4, 0.5) is 0 Å². The van der Waals surface area contributed by atoms with Crippen LogP contribution in [0.15, 0.2) is 0 Å². The highest BCUT2D eigenvalue weighted by atomic mass is 15.4. The van der Waals surface area contributed by atoms with E-state index in [9.17, 15) is 0 Å². The lowest BCUT2D eigenvalue weighted by molar-refractivity contribution is 0.246. The SMILES string of the molecule is CCCN(N)CC(C)CC#N. The van der Waals surface area contributed by atoms with E-state index in [1.165, 1.54) is 0 Å². The molecule has 3 heteroatoms. The highest BCUT2D eigenvalue weighted by Crippen LogP contribution is 2.01. The third-order valence-electron chi connectivity index (χ3n) is 1.50. The Labute approximate surface area is 68.8 Å². The first-order chi connectivity index (χ1) is 5.20. The van der Waals surface area contributed by atoms with Crippen molar-refractivity contribution in [1.29, 1.82) is 5.26 Å². The van der Waals surface area contributed by atoms with Crippen molar-refractivity contribution in [3.8, 4) is 6.07 Å². The van der Waals surface area contributed by atoms with Gasteiger partial charge in [-0.2, -0.15) is 5.26 Å². The van der Waals surface area contributed by atoms with Crippen LogP contribution < -0.4 is 5.84 Å². The molecule has 64 valence electrons. The van der Waals surface area contributed by atoms with Gasteiger partial charge in [-0.3, -0.25) is 5.84 Å². The maximum absolute atomic E-state index is 8.37. The molecular formula is C8H17N3. The van der Waals surface area contributed by atoms with Gasteiger partial charge in [0, 0.05) is 19.5 Å². The van der Waals surface area contributed by atoms with Gasteiger partial charge in [0.15, 0.2) is 0 Å². The molecule has 0 aliphatic carbocycles. The summed E-state index contributed by atoms with van der Waals surface area (Å²) in [5.41, 5.74) is 0. The van der Waals surface area contributed by atoms with Gasteiger partial charge in [0.25, 0.3) is 0 Å². The van der Waals surface area contributed by atoms with Gasteiger partial charge in [0.2, 0.25) is 0 Å². The van der Waals surface area contributed by atoms with Crippen LogP contribution in [0.5, 0.6) is 0 Å². The highest BCUT2D eigenvalue weighted by molar-refractivity contribution is 4.74. The summed E-state index contributed by atoms with van der Waals surface area (Å²) in [6.45, 7) is 5.87. The molecule has 0 bridgehead atoms. The Morgan fingerprint density at radius 1 is 1.64 bits per heavy atom. The first-order valence-electron chi connectivity index (χ1n) is 4.07. The number of hydrogen-bond donors (Lipinski definition) is 1. The minimum atomic E-state index is 0.386. The smallest absolute Gasteiger partial charge is 0.0625 e. The zero-order valence-corrected chi connectivity index (χ0v) is 7.38. The lowest BCUT2D eigenvalue weighted by Crippen LogP contribution is -2.35. The Bertz CT molecular complexity index is 128. The minimum absolute atomic E-state index is 0.386. The second kappa shape index (κ2) is 6.14. The summed E-state index contributed by atoms with van der Waals surface area (Å²) in [5, 5.41) is 10.1. The van der Waals surface area contributed by atoms with Crippen LogP contribution in [-0.4, -0.2) is 18.1 Å². The van der Waals surface area contributed by atoms with E-state index in [4.69, 9.17) is 11.1 Å². The van der Waals surface area contributed by atoms with Crippen molar-refractivity contribution < 1.29 is 0 Å².